The molecule has 0 aromatic carbocycles. The summed E-state index contributed by atoms with van der Waals surface area (Å²) in [4.78, 5) is 10.4. The normalized spacial score (nSPS) is 24.0. The summed E-state index contributed by atoms with van der Waals surface area (Å²) in [5.41, 5.74) is -0.267. The van der Waals surface area contributed by atoms with Crippen molar-refractivity contribution in [3.05, 3.63) is 11.8 Å². The van der Waals surface area contributed by atoms with E-state index in [4.69, 9.17) is 5.11 Å². The third-order valence-corrected chi connectivity index (χ3v) is 1.74. The van der Waals surface area contributed by atoms with Crippen LogP contribution < -0.4 is 10.6 Å². The first kappa shape index (κ1) is 10.8. The van der Waals surface area contributed by atoms with Crippen LogP contribution in [0, 0.1) is 0 Å². The maximum atomic E-state index is 12.8. The standard InChI is InChI=1S/C7H9F3N2O2/c8-4(5(9)10)6-11-2-1-3(12-6)7(13)14/h1,4-6,11-12H,2H2,(H,13,14). The fourth-order valence-corrected chi connectivity index (χ4v) is 1.05. The van der Waals surface area contributed by atoms with Crippen molar-refractivity contribution in [1.82, 2.24) is 10.6 Å². The number of halogens is 3. The Morgan fingerprint density at radius 1 is 1.57 bits per heavy atom. The molecule has 3 N–H and O–H groups in total. The van der Waals surface area contributed by atoms with Crippen LogP contribution in [0.5, 0.6) is 0 Å². The molecule has 14 heavy (non-hydrogen) atoms. The van der Waals surface area contributed by atoms with Gasteiger partial charge in [0.1, 0.15) is 11.9 Å². The summed E-state index contributed by atoms with van der Waals surface area (Å²) in [6.45, 7) is 0.0481. The van der Waals surface area contributed by atoms with Crippen LogP contribution in [0.2, 0.25) is 0 Å². The average molecular weight is 210 g/mol. The monoisotopic (exact) mass is 210 g/mol. The molecule has 7 heteroatoms. The van der Waals surface area contributed by atoms with Gasteiger partial charge >= 0.3 is 5.97 Å². The lowest BCUT2D eigenvalue weighted by molar-refractivity contribution is -0.133. The first-order valence-electron chi connectivity index (χ1n) is 3.88. The molecule has 1 aliphatic heterocycles. The molecule has 0 bridgehead atoms. The predicted octanol–water partition coefficient (Wildman–Crippen LogP) is 0.0770. The van der Waals surface area contributed by atoms with Crippen molar-refractivity contribution in [2.24, 2.45) is 0 Å². The van der Waals surface area contributed by atoms with E-state index in [1.54, 1.807) is 0 Å². The zero-order valence-corrected chi connectivity index (χ0v) is 7.01. The summed E-state index contributed by atoms with van der Waals surface area (Å²) >= 11 is 0. The van der Waals surface area contributed by atoms with Gasteiger partial charge in [0.15, 0.2) is 6.17 Å². The van der Waals surface area contributed by atoms with Gasteiger partial charge in [-0.2, -0.15) is 0 Å². The minimum Gasteiger partial charge on any atom is -0.477 e. The molecule has 0 radical (unpaired) electrons. The third-order valence-electron chi connectivity index (χ3n) is 1.74. The Balaban J connectivity index is 2.61. The highest BCUT2D eigenvalue weighted by atomic mass is 19.3. The maximum absolute atomic E-state index is 12.8. The largest absolute Gasteiger partial charge is 0.477 e. The fourth-order valence-electron chi connectivity index (χ4n) is 1.05. The van der Waals surface area contributed by atoms with Gasteiger partial charge in [-0.1, -0.05) is 0 Å². The molecule has 2 atom stereocenters. The Morgan fingerprint density at radius 2 is 2.21 bits per heavy atom. The maximum Gasteiger partial charge on any atom is 0.351 e. The zero-order chi connectivity index (χ0) is 10.7. The van der Waals surface area contributed by atoms with Crippen LogP contribution in [0.3, 0.4) is 0 Å². The number of aliphatic carboxylic acids is 1. The van der Waals surface area contributed by atoms with Gasteiger partial charge in [-0.15, -0.1) is 0 Å². The molecule has 0 amide bonds. The molecule has 0 aromatic heterocycles. The first-order chi connectivity index (χ1) is 6.52. The summed E-state index contributed by atoms with van der Waals surface area (Å²) in [7, 11) is 0. The van der Waals surface area contributed by atoms with Crippen LogP contribution in [0.4, 0.5) is 13.2 Å². The number of carboxylic acid groups (broad SMARTS) is 1. The van der Waals surface area contributed by atoms with Crippen molar-refractivity contribution >= 4 is 5.97 Å². The Kier molecular flexibility index (Phi) is 3.34. The van der Waals surface area contributed by atoms with Gasteiger partial charge < -0.3 is 10.4 Å². The number of nitrogens with one attached hydrogen (secondary N) is 2. The molecule has 1 rings (SSSR count). The molecular formula is C7H9F3N2O2. The number of carboxylic acids is 1. The van der Waals surface area contributed by atoms with E-state index in [9.17, 15) is 18.0 Å². The highest BCUT2D eigenvalue weighted by Crippen LogP contribution is 2.11. The van der Waals surface area contributed by atoms with Crippen molar-refractivity contribution in [2.45, 2.75) is 18.8 Å². The van der Waals surface area contributed by atoms with Crippen LogP contribution >= 0.6 is 0 Å². The van der Waals surface area contributed by atoms with Crippen LogP contribution in [0.25, 0.3) is 0 Å². The quantitative estimate of drug-likeness (QED) is 0.617. The Hall–Kier alpha value is -1.24. The first-order valence-corrected chi connectivity index (χ1v) is 3.88. The minimum absolute atomic E-state index is 0.0481. The summed E-state index contributed by atoms with van der Waals surface area (Å²) in [5.74, 6) is -1.29. The smallest absolute Gasteiger partial charge is 0.351 e. The van der Waals surface area contributed by atoms with Crippen molar-refractivity contribution in [2.75, 3.05) is 6.54 Å². The molecule has 2 unspecified atom stereocenters. The lowest BCUT2D eigenvalue weighted by Crippen LogP contribution is -2.54. The second-order valence-electron chi connectivity index (χ2n) is 2.73. The summed E-state index contributed by atoms with van der Waals surface area (Å²) in [6.07, 6.45) is -5.69. The molecule has 1 heterocycles. The number of hydrogen-bond donors (Lipinski definition) is 3. The zero-order valence-electron chi connectivity index (χ0n) is 7.01. The molecule has 0 aliphatic carbocycles. The van der Waals surface area contributed by atoms with Gasteiger partial charge in [0.2, 0.25) is 0 Å². The van der Waals surface area contributed by atoms with Crippen molar-refractivity contribution in [1.29, 1.82) is 0 Å². The van der Waals surface area contributed by atoms with E-state index in [0.29, 0.717) is 0 Å². The van der Waals surface area contributed by atoms with Gasteiger partial charge in [0.05, 0.1) is 0 Å². The van der Waals surface area contributed by atoms with E-state index in [-0.39, 0.29) is 12.2 Å². The molecule has 0 saturated heterocycles. The molecule has 0 saturated carbocycles. The Bertz CT molecular complexity index is 257. The molecule has 0 fully saturated rings. The predicted molar refractivity (Wildman–Crippen MR) is 41.5 cm³/mol. The molecule has 4 nitrogen and oxygen atoms in total. The Morgan fingerprint density at radius 3 is 2.71 bits per heavy atom. The molecule has 1 aliphatic rings. The number of carbonyl (C=O) groups is 1. The molecule has 0 aromatic rings. The van der Waals surface area contributed by atoms with Gasteiger partial charge in [-0.3, -0.25) is 5.32 Å². The van der Waals surface area contributed by atoms with E-state index in [2.05, 4.69) is 10.6 Å². The third kappa shape index (κ3) is 2.38. The summed E-state index contributed by atoms with van der Waals surface area (Å²) in [5, 5.41) is 13.0. The van der Waals surface area contributed by atoms with E-state index >= 15 is 0 Å². The van der Waals surface area contributed by atoms with Crippen molar-refractivity contribution in [3.63, 3.8) is 0 Å². The van der Waals surface area contributed by atoms with Gasteiger partial charge in [0, 0.05) is 6.54 Å². The second kappa shape index (κ2) is 4.32. The summed E-state index contributed by atoms with van der Waals surface area (Å²) in [6, 6.07) is 0. The van der Waals surface area contributed by atoms with E-state index in [0.717, 1.165) is 0 Å². The van der Waals surface area contributed by atoms with Crippen LogP contribution in [-0.2, 0) is 4.79 Å². The second-order valence-corrected chi connectivity index (χ2v) is 2.73. The van der Waals surface area contributed by atoms with Crippen LogP contribution in [0.1, 0.15) is 0 Å². The average Bonchev–Trinajstić information content (AvgIpc) is 2.16. The van der Waals surface area contributed by atoms with Crippen LogP contribution in [-0.4, -0.2) is 36.4 Å². The van der Waals surface area contributed by atoms with Crippen molar-refractivity contribution < 1.29 is 23.1 Å². The van der Waals surface area contributed by atoms with Crippen molar-refractivity contribution in [3.8, 4) is 0 Å². The highest BCUT2D eigenvalue weighted by molar-refractivity contribution is 5.86. The van der Waals surface area contributed by atoms with E-state index < -0.39 is 24.7 Å². The molecule has 0 spiro atoms. The number of alkyl halides is 3. The van der Waals surface area contributed by atoms with E-state index in [1.165, 1.54) is 6.08 Å². The van der Waals surface area contributed by atoms with Gasteiger partial charge in [-0.05, 0) is 6.08 Å². The SMILES string of the molecule is O=C(O)C1=CCNC(C(F)C(F)F)N1. The number of hydrogen-bond acceptors (Lipinski definition) is 3. The van der Waals surface area contributed by atoms with E-state index in [1.807, 2.05) is 0 Å². The van der Waals surface area contributed by atoms with Gasteiger partial charge in [0.25, 0.3) is 6.43 Å². The fraction of sp³-hybridized carbons (Fsp3) is 0.571. The Labute approximate surface area is 77.8 Å². The molecule has 80 valence electrons. The lowest BCUT2D eigenvalue weighted by atomic mass is 10.2. The summed E-state index contributed by atoms with van der Waals surface area (Å²) < 4.78 is 36.6. The van der Waals surface area contributed by atoms with Crippen LogP contribution in [0.15, 0.2) is 11.8 Å². The highest BCUT2D eigenvalue weighted by Gasteiger charge is 2.32. The minimum atomic E-state index is -3.15. The molecular weight excluding hydrogens is 201 g/mol. The van der Waals surface area contributed by atoms with Gasteiger partial charge in [-0.25, -0.2) is 18.0 Å². The number of rotatable bonds is 3. The topological polar surface area (TPSA) is 61.4 Å². The lowest BCUT2D eigenvalue weighted by Gasteiger charge is -2.27.